The van der Waals surface area contributed by atoms with Crippen LogP contribution in [0.4, 0.5) is 5.69 Å². The molecular formula is C23H25Cl2N5OS. The van der Waals surface area contributed by atoms with Crippen molar-refractivity contribution >= 4 is 46.6 Å². The molecule has 1 atom stereocenters. The van der Waals surface area contributed by atoms with Crippen LogP contribution in [0, 0.1) is 0 Å². The van der Waals surface area contributed by atoms with E-state index in [1.54, 1.807) is 18.2 Å². The van der Waals surface area contributed by atoms with Gasteiger partial charge < -0.3 is 9.88 Å². The summed E-state index contributed by atoms with van der Waals surface area (Å²) < 4.78 is 2.12. The van der Waals surface area contributed by atoms with Crippen molar-refractivity contribution in [3.05, 3.63) is 70.0 Å². The maximum absolute atomic E-state index is 12.8. The topological polar surface area (TPSA) is 63.1 Å². The van der Waals surface area contributed by atoms with E-state index in [-0.39, 0.29) is 5.91 Å². The first kappa shape index (κ1) is 23.1. The van der Waals surface area contributed by atoms with Gasteiger partial charge in [-0.2, -0.15) is 0 Å². The van der Waals surface area contributed by atoms with Crippen LogP contribution < -0.4 is 5.32 Å². The Morgan fingerprint density at radius 2 is 1.84 bits per heavy atom. The van der Waals surface area contributed by atoms with Gasteiger partial charge in [-0.3, -0.25) is 9.69 Å². The average molecular weight is 490 g/mol. The van der Waals surface area contributed by atoms with Crippen LogP contribution in [0.2, 0.25) is 10.0 Å². The zero-order chi connectivity index (χ0) is 22.5. The minimum Gasteiger partial charge on any atom is -0.324 e. The van der Waals surface area contributed by atoms with E-state index in [0.29, 0.717) is 22.3 Å². The summed E-state index contributed by atoms with van der Waals surface area (Å²) in [6, 6.07) is 15.2. The van der Waals surface area contributed by atoms with Crippen LogP contribution in [0.3, 0.4) is 0 Å². The van der Waals surface area contributed by atoms with Crippen LogP contribution in [0.5, 0.6) is 0 Å². The molecule has 2 aromatic carbocycles. The molecule has 4 rings (SSSR count). The van der Waals surface area contributed by atoms with Gasteiger partial charge in [-0.25, -0.2) is 0 Å². The number of carbonyl (C=O) groups excluding carboxylic acids is 1. The van der Waals surface area contributed by atoms with Gasteiger partial charge in [0.15, 0.2) is 5.16 Å². The van der Waals surface area contributed by atoms with Gasteiger partial charge in [0, 0.05) is 5.02 Å². The molecule has 1 N–H and O–H groups in total. The van der Waals surface area contributed by atoms with E-state index < -0.39 is 5.25 Å². The highest BCUT2D eigenvalue weighted by atomic mass is 35.5. The Labute approximate surface area is 202 Å². The lowest BCUT2D eigenvalue weighted by Gasteiger charge is -2.17. The molecule has 1 aliphatic heterocycles. The van der Waals surface area contributed by atoms with Gasteiger partial charge in [-0.05, 0) is 56.6 Å². The lowest BCUT2D eigenvalue weighted by Crippen LogP contribution is -2.24. The van der Waals surface area contributed by atoms with Crippen molar-refractivity contribution in [1.29, 1.82) is 0 Å². The third kappa shape index (κ3) is 5.84. The van der Waals surface area contributed by atoms with E-state index in [1.807, 2.05) is 25.1 Å². The quantitative estimate of drug-likeness (QED) is 0.432. The van der Waals surface area contributed by atoms with Gasteiger partial charge in [-0.1, -0.05) is 65.3 Å². The number of hydrogen-bond donors (Lipinski definition) is 1. The number of anilines is 1. The summed E-state index contributed by atoms with van der Waals surface area (Å²) >= 11 is 13.6. The zero-order valence-corrected chi connectivity index (χ0v) is 20.1. The fraction of sp³-hybridized carbons (Fsp3) is 0.348. The van der Waals surface area contributed by atoms with E-state index in [4.69, 9.17) is 23.2 Å². The smallest absolute Gasteiger partial charge is 0.237 e. The number of carbonyl (C=O) groups is 1. The molecule has 0 bridgehead atoms. The fourth-order valence-electron chi connectivity index (χ4n) is 3.63. The van der Waals surface area contributed by atoms with Gasteiger partial charge in [0.05, 0.1) is 29.0 Å². The van der Waals surface area contributed by atoms with Crippen molar-refractivity contribution in [3.8, 4) is 0 Å². The first-order chi connectivity index (χ1) is 15.5. The normalized spacial score (nSPS) is 15.1. The molecule has 6 nitrogen and oxygen atoms in total. The number of halogens is 2. The van der Waals surface area contributed by atoms with Crippen molar-refractivity contribution in [2.75, 3.05) is 18.4 Å². The Balaban J connectivity index is 1.51. The minimum absolute atomic E-state index is 0.172. The van der Waals surface area contributed by atoms with Crippen molar-refractivity contribution in [1.82, 2.24) is 19.7 Å². The standard InChI is InChI=1S/C23H25Cl2N5OS/c1-16(22(31)26-20-13-18(24)9-10-19(20)25)32-23-28-27-21(15-29-11-5-6-12-29)30(23)14-17-7-3-2-4-8-17/h2-4,7-10,13,16H,5-6,11-12,14-15H2,1H3,(H,26,31). The molecule has 1 unspecified atom stereocenters. The highest BCUT2D eigenvalue weighted by Gasteiger charge is 2.23. The van der Waals surface area contributed by atoms with Crippen molar-refractivity contribution in [2.45, 2.75) is 43.3 Å². The lowest BCUT2D eigenvalue weighted by atomic mass is 10.2. The summed E-state index contributed by atoms with van der Waals surface area (Å²) in [7, 11) is 0. The molecule has 3 aromatic rings. The maximum Gasteiger partial charge on any atom is 0.237 e. The number of amides is 1. The summed E-state index contributed by atoms with van der Waals surface area (Å²) in [5.41, 5.74) is 1.66. The minimum atomic E-state index is -0.400. The summed E-state index contributed by atoms with van der Waals surface area (Å²) in [6.07, 6.45) is 2.44. The van der Waals surface area contributed by atoms with Crippen LogP contribution in [-0.2, 0) is 17.9 Å². The molecule has 168 valence electrons. The van der Waals surface area contributed by atoms with E-state index in [1.165, 1.54) is 30.2 Å². The summed E-state index contributed by atoms with van der Waals surface area (Å²) in [4.78, 5) is 15.2. The number of nitrogens with one attached hydrogen (secondary N) is 1. The average Bonchev–Trinajstić information content (AvgIpc) is 3.43. The Morgan fingerprint density at radius 1 is 1.09 bits per heavy atom. The van der Waals surface area contributed by atoms with Gasteiger partial charge in [0.1, 0.15) is 5.82 Å². The number of benzene rings is 2. The summed E-state index contributed by atoms with van der Waals surface area (Å²) in [6.45, 7) is 5.44. The Kier molecular flexibility index (Phi) is 7.73. The number of hydrogen-bond acceptors (Lipinski definition) is 5. The predicted octanol–water partition coefficient (Wildman–Crippen LogP) is 5.35. The Hall–Kier alpha value is -2.06. The van der Waals surface area contributed by atoms with Crippen LogP contribution in [-0.4, -0.2) is 43.9 Å². The molecule has 0 aliphatic carbocycles. The summed E-state index contributed by atoms with van der Waals surface area (Å²) in [5.74, 6) is 0.748. The maximum atomic E-state index is 12.8. The SMILES string of the molecule is CC(Sc1nnc(CN2CCCC2)n1Cc1ccccc1)C(=O)Nc1cc(Cl)ccc1Cl. The first-order valence-corrected chi connectivity index (χ1v) is 12.2. The number of nitrogens with zero attached hydrogens (tertiary/aromatic N) is 4. The second-order valence-electron chi connectivity index (χ2n) is 7.83. The summed E-state index contributed by atoms with van der Waals surface area (Å²) in [5, 5.41) is 13.1. The first-order valence-electron chi connectivity index (χ1n) is 10.6. The van der Waals surface area contributed by atoms with E-state index in [2.05, 4.69) is 37.1 Å². The van der Waals surface area contributed by atoms with E-state index in [0.717, 1.165) is 30.6 Å². The predicted molar refractivity (Wildman–Crippen MR) is 130 cm³/mol. The molecule has 1 aliphatic rings. The van der Waals surface area contributed by atoms with E-state index in [9.17, 15) is 4.79 Å². The molecular weight excluding hydrogens is 465 g/mol. The van der Waals surface area contributed by atoms with Gasteiger partial charge >= 0.3 is 0 Å². The Bertz CT molecular complexity index is 1070. The Morgan fingerprint density at radius 3 is 2.59 bits per heavy atom. The van der Waals surface area contributed by atoms with Crippen LogP contribution >= 0.6 is 35.0 Å². The second-order valence-corrected chi connectivity index (χ2v) is 9.98. The third-order valence-electron chi connectivity index (χ3n) is 5.38. The highest BCUT2D eigenvalue weighted by Crippen LogP contribution is 2.28. The number of aromatic nitrogens is 3. The molecule has 32 heavy (non-hydrogen) atoms. The van der Waals surface area contributed by atoms with Crippen molar-refractivity contribution < 1.29 is 4.79 Å². The third-order valence-corrected chi connectivity index (χ3v) is 7.02. The number of thioether (sulfide) groups is 1. The molecule has 1 amide bonds. The molecule has 2 heterocycles. The lowest BCUT2D eigenvalue weighted by molar-refractivity contribution is -0.115. The van der Waals surface area contributed by atoms with Crippen LogP contribution in [0.25, 0.3) is 0 Å². The zero-order valence-electron chi connectivity index (χ0n) is 17.8. The molecule has 0 saturated carbocycles. The van der Waals surface area contributed by atoms with Gasteiger partial charge in [-0.15, -0.1) is 10.2 Å². The van der Waals surface area contributed by atoms with Crippen LogP contribution in [0.15, 0.2) is 53.7 Å². The van der Waals surface area contributed by atoms with Crippen LogP contribution in [0.1, 0.15) is 31.2 Å². The monoisotopic (exact) mass is 489 g/mol. The molecule has 9 heteroatoms. The molecule has 0 radical (unpaired) electrons. The van der Waals surface area contributed by atoms with Gasteiger partial charge in [0.2, 0.25) is 5.91 Å². The molecule has 1 saturated heterocycles. The second kappa shape index (κ2) is 10.7. The number of likely N-dealkylation sites (tertiary alicyclic amines) is 1. The molecule has 1 aromatic heterocycles. The largest absolute Gasteiger partial charge is 0.324 e. The molecule has 0 spiro atoms. The molecule has 1 fully saturated rings. The van der Waals surface area contributed by atoms with Crippen molar-refractivity contribution in [3.63, 3.8) is 0 Å². The van der Waals surface area contributed by atoms with Crippen molar-refractivity contribution in [2.24, 2.45) is 0 Å². The highest BCUT2D eigenvalue weighted by molar-refractivity contribution is 8.00. The number of rotatable bonds is 8. The fourth-order valence-corrected chi connectivity index (χ4v) is 4.83. The van der Waals surface area contributed by atoms with Gasteiger partial charge in [0.25, 0.3) is 0 Å². The van der Waals surface area contributed by atoms with E-state index >= 15 is 0 Å².